The Bertz CT molecular complexity index is 446. The third-order valence-corrected chi connectivity index (χ3v) is 2.32. The molecule has 5 nitrogen and oxygen atoms in total. The van der Waals surface area contributed by atoms with Crippen molar-refractivity contribution in [2.24, 2.45) is 0 Å². The molecule has 1 aromatic rings. The van der Waals surface area contributed by atoms with Crippen LogP contribution in [0.5, 0.6) is 0 Å². The summed E-state index contributed by atoms with van der Waals surface area (Å²) in [4.78, 5) is 22.7. The molecule has 0 aliphatic rings. The van der Waals surface area contributed by atoms with E-state index < -0.39 is 28.2 Å². The minimum absolute atomic E-state index is 0.0240. The summed E-state index contributed by atoms with van der Waals surface area (Å²) >= 11 is 2.92. The molecule has 8 heteroatoms. The van der Waals surface area contributed by atoms with Gasteiger partial charge in [-0.15, -0.1) is 0 Å². The number of hydrogen-bond donors (Lipinski definition) is 1. The first-order chi connectivity index (χ1) is 6.99. The normalized spacial score (nSPS) is 10.7. The first-order valence-electron chi connectivity index (χ1n) is 3.72. The maximum absolute atomic E-state index is 12.4. The highest BCUT2D eigenvalue weighted by Crippen LogP contribution is 2.23. The van der Waals surface area contributed by atoms with Crippen LogP contribution in [0.4, 0.5) is 14.6 Å². The number of halogens is 3. The van der Waals surface area contributed by atoms with Crippen molar-refractivity contribution in [3.8, 4) is 0 Å². The minimum Gasteiger partial charge on any atom is -0.358 e. The zero-order valence-electron chi connectivity index (χ0n) is 7.17. The van der Waals surface area contributed by atoms with Gasteiger partial charge in [-0.25, -0.2) is 13.8 Å². The lowest BCUT2D eigenvalue weighted by molar-refractivity contribution is -0.391. The lowest BCUT2D eigenvalue weighted by atomic mass is 10.2. The Morgan fingerprint density at radius 3 is 2.60 bits per heavy atom. The molecular formula is C7H5BrF2N2O3. The van der Waals surface area contributed by atoms with Gasteiger partial charge in [-0.1, -0.05) is 15.9 Å². The van der Waals surface area contributed by atoms with Crippen molar-refractivity contribution in [1.82, 2.24) is 4.98 Å². The Balaban J connectivity index is 3.52. The maximum Gasteiger partial charge on any atom is 0.333 e. The van der Waals surface area contributed by atoms with Crippen LogP contribution in [0.1, 0.15) is 17.6 Å². The molecule has 0 saturated heterocycles. The first-order valence-corrected chi connectivity index (χ1v) is 4.84. The van der Waals surface area contributed by atoms with Crippen molar-refractivity contribution in [3.63, 3.8) is 0 Å². The van der Waals surface area contributed by atoms with Crippen LogP contribution in [0.2, 0.25) is 0 Å². The standard InChI is InChI=1S/C7H5BrF2N2O3/c8-1-3-2-11-7(12(14)15)4(5(3)13)6(9)10/h2,6H,1H2,(H,11,13). The largest absolute Gasteiger partial charge is 0.358 e. The van der Waals surface area contributed by atoms with Gasteiger partial charge in [-0.3, -0.25) is 4.79 Å². The summed E-state index contributed by atoms with van der Waals surface area (Å²) in [6.07, 6.45) is -2.13. The fourth-order valence-electron chi connectivity index (χ4n) is 1.03. The number of H-pyrrole nitrogens is 1. The molecule has 0 aliphatic heterocycles. The molecule has 82 valence electrons. The van der Waals surface area contributed by atoms with Gasteiger partial charge in [0.05, 0.1) is 6.20 Å². The molecule has 0 aliphatic carbocycles. The van der Waals surface area contributed by atoms with Crippen LogP contribution in [0.15, 0.2) is 11.0 Å². The molecule has 0 aromatic carbocycles. The van der Waals surface area contributed by atoms with E-state index >= 15 is 0 Å². The second kappa shape index (κ2) is 4.47. The molecule has 0 amide bonds. The number of hydrogen-bond acceptors (Lipinski definition) is 3. The highest BCUT2D eigenvalue weighted by atomic mass is 79.9. The SMILES string of the molecule is O=c1c(CBr)c[nH]c([N+](=O)[O-])c1C(F)F. The maximum atomic E-state index is 12.4. The average molecular weight is 283 g/mol. The predicted molar refractivity (Wildman–Crippen MR) is 51.3 cm³/mol. The molecule has 0 radical (unpaired) electrons. The van der Waals surface area contributed by atoms with E-state index in [1.54, 1.807) is 0 Å². The van der Waals surface area contributed by atoms with Gasteiger partial charge in [0.15, 0.2) is 5.56 Å². The van der Waals surface area contributed by atoms with E-state index in [0.717, 1.165) is 6.20 Å². The molecule has 0 spiro atoms. The molecule has 15 heavy (non-hydrogen) atoms. The quantitative estimate of drug-likeness (QED) is 0.524. The lowest BCUT2D eigenvalue weighted by Gasteiger charge is -2.03. The van der Waals surface area contributed by atoms with Gasteiger partial charge in [0.25, 0.3) is 6.43 Å². The lowest BCUT2D eigenvalue weighted by Crippen LogP contribution is -2.17. The zero-order chi connectivity index (χ0) is 11.6. The molecule has 1 aromatic heterocycles. The molecule has 1 N–H and O–H groups in total. The Hall–Kier alpha value is -1.31. The van der Waals surface area contributed by atoms with E-state index in [9.17, 15) is 23.7 Å². The van der Waals surface area contributed by atoms with Crippen molar-refractivity contribution >= 4 is 21.7 Å². The summed E-state index contributed by atoms with van der Waals surface area (Å²) in [7, 11) is 0. The molecule has 0 unspecified atom stereocenters. The van der Waals surface area contributed by atoms with Crippen LogP contribution in [0.25, 0.3) is 0 Å². The zero-order valence-corrected chi connectivity index (χ0v) is 8.75. The third kappa shape index (κ3) is 2.20. The summed E-state index contributed by atoms with van der Waals surface area (Å²) in [5, 5.41) is 10.4. The van der Waals surface area contributed by atoms with Gasteiger partial charge in [0.2, 0.25) is 5.43 Å². The molecule has 0 fully saturated rings. The van der Waals surface area contributed by atoms with Crippen LogP contribution in [0, 0.1) is 10.1 Å². The summed E-state index contributed by atoms with van der Waals surface area (Å²) < 4.78 is 24.9. The van der Waals surface area contributed by atoms with Gasteiger partial charge in [0.1, 0.15) is 0 Å². The van der Waals surface area contributed by atoms with E-state index in [1.807, 2.05) is 0 Å². The first kappa shape index (κ1) is 11.8. The van der Waals surface area contributed by atoms with Crippen molar-refractivity contribution < 1.29 is 13.7 Å². The van der Waals surface area contributed by atoms with Gasteiger partial charge < -0.3 is 10.1 Å². The molecular weight excluding hydrogens is 278 g/mol. The second-order valence-electron chi connectivity index (χ2n) is 2.60. The smallest absolute Gasteiger partial charge is 0.333 e. The number of rotatable bonds is 3. The van der Waals surface area contributed by atoms with Crippen LogP contribution >= 0.6 is 15.9 Å². The predicted octanol–water partition coefficient (Wildman–Crippen LogP) is 2.12. The van der Waals surface area contributed by atoms with E-state index in [2.05, 4.69) is 20.9 Å². The Morgan fingerprint density at radius 1 is 1.60 bits per heavy atom. The number of aromatic amines is 1. The summed E-state index contributed by atoms with van der Waals surface area (Å²) in [6.45, 7) is 0. The second-order valence-corrected chi connectivity index (χ2v) is 3.16. The van der Waals surface area contributed by atoms with E-state index in [0.29, 0.717) is 0 Å². The topological polar surface area (TPSA) is 76.0 Å². The third-order valence-electron chi connectivity index (χ3n) is 1.72. The van der Waals surface area contributed by atoms with Gasteiger partial charge in [-0.2, -0.15) is 0 Å². The number of aromatic nitrogens is 1. The summed E-state index contributed by atoms with van der Waals surface area (Å²) in [5.41, 5.74) is -2.08. The Labute approximate surface area is 90.4 Å². The van der Waals surface area contributed by atoms with Gasteiger partial charge >= 0.3 is 5.82 Å². The summed E-state index contributed by atoms with van der Waals surface area (Å²) in [6, 6.07) is 0. The van der Waals surface area contributed by atoms with E-state index in [4.69, 9.17) is 0 Å². The number of alkyl halides is 3. The van der Waals surface area contributed by atoms with Gasteiger partial charge in [0, 0.05) is 10.9 Å². The number of nitro groups is 1. The molecule has 0 bridgehead atoms. The van der Waals surface area contributed by atoms with Crippen LogP contribution in [-0.4, -0.2) is 9.91 Å². The fourth-order valence-corrected chi connectivity index (χ4v) is 1.45. The summed E-state index contributed by atoms with van der Waals surface area (Å²) in [5.74, 6) is -0.959. The van der Waals surface area contributed by atoms with Gasteiger partial charge in [-0.05, 0) is 4.92 Å². The average Bonchev–Trinajstić information content (AvgIpc) is 2.16. The van der Waals surface area contributed by atoms with Crippen LogP contribution in [0.3, 0.4) is 0 Å². The highest BCUT2D eigenvalue weighted by molar-refractivity contribution is 9.08. The Kier molecular flexibility index (Phi) is 3.51. The molecule has 1 rings (SSSR count). The minimum atomic E-state index is -3.17. The molecule has 0 atom stereocenters. The molecule has 0 saturated carbocycles. The fraction of sp³-hybridized carbons (Fsp3) is 0.286. The monoisotopic (exact) mass is 282 g/mol. The Morgan fingerprint density at radius 2 is 2.20 bits per heavy atom. The number of nitrogens with zero attached hydrogens (tertiary/aromatic N) is 1. The molecule has 1 heterocycles. The number of nitrogens with one attached hydrogen (secondary N) is 1. The van der Waals surface area contributed by atoms with Crippen molar-refractivity contribution in [2.45, 2.75) is 11.8 Å². The van der Waals surface area contributed by atoms with Crippen molar-refractivity contribution in [1.29, 1.82) is 0 Å². The van der Waals surface area contributed by atoms with Crippen LogP contribution < -0.4 is 5.43 Å². The number of pyridine rings is 1. The van der Waals surface area contributed by atoms with Crippen molar-refractivity contribution in [3.05, 3.63) is 37.7 Å². The van der Waals surface area contributed by atoms with Crippen LogP contribution in [-0.2, 0) is 5.33 Å². The van der Waals surface area contributed by atoms with E-state index in [1.165, 1.54) is 0 Å². The van der Waals surface area contributed by atoms with Crippen molar-refractivity contribution in [2.75, 3.05) is 0 Å². The van der Waals surface area contributed by atoms with E-state index in [-0.39, 0.29) is 10.9 Å². The highest BCUT2D eigenvalue weighted by Gasteiger charge is 2.26.